The van der Waals surface area contributed by atoms with E-state index in [0.717, 1.165) is 17.6 Å². The molecule has 0 heterocycles. The molecule has 0 aromatic heterocycles. The van der Waals surface area contributed by atoms with E-state index in [1.165, 1.54) is 30.4 Å². The van der Waals surface area contributed by atoms with Gasteiger partial charge in [-0.05, 0) is 57.4 Å². The smallest absolute Gasteiger partial charge is 0.0932 e. The molecule has 0 amide bonds. The molecule has 0 saturated carbocycles. The van der Waals surface area contributed by atoms with Crippen molar-refractivity contribution in [3.63, 3.8) is 0 Å². The van der Waals surface area contributed by atoms with Gasteiger partial charge < -0.3 is 10.2 Å². The first kappa shape index (κ1) is 18.9. The number of hydrogen-bond acceptors (Lipinski definition) is 2. The molecule has 0 bridgehead atoms. The van der Waals surface area contributed by atoms with E-state index in [1.807, 2.05) is 19.9 Å². The lowest BCUT2D eigenvalue weighted by Crippen LogP contribution is -2.20. The summed E-state index contributed by atoms with van der Waals surface area (Å²) in [5.41, 5.74) is 5.27. The van der Waals surface area contributed by atoms with Crippen molar-refractivity contribution in [2.75, 3.05) is 6.61 Å². The van der Waals surface area contributed by atoms with Gasteiger partial charge >= 0.3 is 0 Å². The maximum atomic E-state index is 10.2. The maximum Gasteiger partial charge on any atom is 0.0932 e. The van der Waals surface area contributed by atoms with E-state index in [9.17, 15) is 5.11 Å². The fraction of sp³-hybridized carbons (Fsp3) is 0.600. The molecule has 22 heavy (non-hydrogen) atoms. The average Bonchev–Trinajstić information content (AvgIpc) is 2.43. The van der Waals surface area contributed by atoms with Crippen molar-refractivity contribution >= 4 is 0 Å². The van der Waals surface area contributed by atoms with Gasteiger partial charge in [-0.25, -0.2) is 0 Å². The van der Waals surface area contributed by atoms with Crippen LogP contribution in [0.1, 0.15) is 60.3 Å². The Hall–Kier alpha value is -1.12. The van der Waals surface area contributed by atoms with Gasteiger partial charge in [0.2, 0.25) is 0 Å². The summed E-state index contributed by atoms with van der Waals surface area (Å²) in [6.07, 6.45) is 11.6. The Balaban J connectivity index is 2.75. The van der Waals surface area contributed by atoms with E-state index in [0.29, 0.717) is 0 Å². The van der Waals surface area contributed by atoms with E-state index in [-0.39, 0.29) is 12.0 Å². The second-order valence-corrected chi connectivity index (χ2v) is 7.08. The SMILES string of the molecule is CC1=C(C/C=C(\C)C(O)/C=C/C(C)=C/CO)C(C)(C)CCC1. The lowest BCUT2D eigenvalue weighted by atomic mass is 9.71. The predicted molar refractivity (Wildman–Crippen MR) is 94.7 cm³/mol. The minimum Gasteiger partial charge on any atom is -0.392 e. The molecule has 0 fully saturated rings. The highest BCUT2D eigenvalue weighted by molar-refractivity contribution is 5.27. The van der Waals surface area contributed by atoms with Gasteiger partial charge in [-0.1, -0.05) is 54.9 Å². The highest BCUT2D eigenvalue weighted by Crippen LogP contribution is 2.42. The third-order valence-corrected chi connectivity index (χ3v) is 4.74. The monoisotopic (exact) mass is 304 g/mol. The van der Waals surface area contributed by atoms with Gasteiger partial charge in [-0.3, -0.25) is 0 Å². The second-order valence-electron chi connectivity index (χ2n) is 7.08. The average molecular weight is 304 g/mol. The summed E-state index contributed by atoms with van der Waals surface area (Å²) in [6, 6.07) is 0. The first-order valence-corrected chi connectivity index (χ1v) is 8.27. The van der Waals surface area contributed by atoms with E-state index >= 15 is 0 Å². The Morgan fingerprint density at radius 2 is 1.95 bits per heavy atom. The molecule has 0 aromatic rings. The Morgan fingerprint density at radius 1 is 1.27 bits per heavy atom. The van der Waals surface area contributed by atoms with Gasteiger partial charge in [0.05, 0.1) is 12.7 Å². The molecule has 1 unspecified atom stereocenters. The van der Waals surface area contributed by atoms with Gasteiger partial charge in [0.1, 0.15) is 0 Å². The largest absolute Gasteiger partial charge is 0.392 e. The van der Waals surface area contributed by atoms with Crippen LogP contribution in [0.4, 0.5) is 0 Å². The van der Waals surface area contributed by atoms with Gasteiger partial charge in [-0.2, -0.15) is 0 Å². The zero-order valence-electron chi connectivity index (χ0n) is 14.8. The maximum absolute atomic E-state index is 10.2. The molecule has 0 aromatic carbocycles. The zero-order chi connectivity index (χ0) is 16.8. The van der Waals surface area contributed by atoms with Crippen LogP contribution >= 0.6 is 0 Å². The van der Waals surface area contributed by atoms with Gasteiger partial charge in [0, 0.05) is 0 Å². The molecule has 2 nitrogen and oxygen atoms in total. The number of aliphatic hydroxyl groups is 2. The predicted octanol–water partition coefficient (Wildman–Crippen LogP) is 4.71. The summed E-state index contributed by atoms with van der Waals surface area (Å²) >= 11 is 0. The summed E-state index contributed by atoms with van der Waals surface area (Å²) in [5, 5.41) is 19.0. The van der Waals surface area contributed by atoms with Crippen LogP contribution in [0.25, 0.3) is 0 Å². The second kappa shape index (κ2) is 8.50. The topological polar surface area (TPSA) is 40.5 Å². The van der Waals surface area contributed by atoms with Crippen molar-refractivity contribution in [1.82, 2.24) is 0 Å². The molecular formula is C20H32O2. The molecule has 0 spiro atoms. The highest BCUT2D eigenvalue weighted by atomic mass is 16.3. The quantitative estimate of drug-likeness (QED) is 0.551. The van der Waals surface area contributed by atoms with Gasteiger partial charge in [0.15, 0.2) is 0 Å². The molecule has 0 radical (unpaired) electrons. The molecule has 1 rings (SSSR count). The summed E-state index contributed by atoms with van der Waals surface area (Å²) in [7, 11) is 0. The zero-order valence-corrected chi connectivity index (χ0v) is 14.8. The molecule has 1 aliphatic carbocycles. The van der Waals surface area contributed by atoms with Crippen molar-refractivity contribution < 1.29 is 10.2 Å². The fourth-order valence-corrected chi connectivity index (χ4v) is 3.12. The van der Waals surface area contributed by atoms with E-state index in [1.54, 1.807) is 12.2 Å². The minimum absolute atomic E-state index is 0.0314. The Labute approximate surface area is 135 Å². The minimum atomic E-state index is -0.561. The van der Waals surface area contributed by atoms with Gasteiger partial charge in [0.25, 0.3) is 0 Å². The summed E-state index contributed by atoms with van der Waals surface area (Å²) in [5.74, 6) is 0. The van der Waals surface area contributed by atoms with Crippen LogP contribution in [0.5, 0.6) is 0 Å². The standard InChI is InChI=1S/C20H32O2/c1-15(12-14-21)8-11-19(22)17(3)9-10-18-16(2)7-6-13-20(18,4)5/h8-9,11-12,19,21-22H,6-7,10,13-14H2,1-5H3/b11-8+,15-12+,17-9+. The van der Waals surface area contributed by atoms with Crippen LogP contribution in [0.3, 0.4) is 0 Å². The summed E-state index contributed by atoms with van der Waals surface area (Å²) in [4.78, 5) is 0. The Kier molecular flexibility index (Phi) is 7.31. The number of rotatable bonds is 6. The highest BCUT2D eigenvalue weighted by Gasteiger charge is 2.27. The molecule has 1 aliphatic rings. The van der Waals surface area contributed by atoms with Crippen LogP contribution < -0.4 is 0 Å². The number of hydrogen-bond donors (Lipinski definition) is 2. The molecule has 2 N–H and O–H groups in total. The molecule has 124 valence electrons. The number of aliphatic hydroxyl groups excluding tert-OH is 2. The fourth-order valence-electron chi connectivity index (χ4n) is 3.12. The van der Waals surface area contributed by atoms with E-state index < -0.39 is 6.10 Å². The van der Waals surface area contributed by atoms with Crippen LogP contribution in [0.2, 0.25) is 0 Å². The van der Waals surface area contributed by atoms with Crippen molar-refractivity contribution in [2.45, 2.75) is 66.4 Å². The Bertz CT molecular complexity index is 490. The molecule has 0 saturated heterocycles. The first-order valence-electron chi connectivity index (χ1n) is 8.27. The molecule has 2 heteroatoms. The summed E-state index contributed by atoms with van der Waals surface area (Å²) in [6.45, 7) is 10.8. The van der Waals surface area contributed by atoms with Gasteiger partial charge in [-0.15, -0.1) is 0 Å². The van der Waals surface area contributed by atoms with Crippen molar-refractivity contribution in [3.8, 4) is 0 Å². The van der Waals surface area contributed by atoms with Crippen molar-refractivity contribution in [1.29, 1.82) is 0 Å². The van der Waals surface area contributed by atoms with Crippen LogP contribution in [-0.2, 0) is 0 Å². The Morgan fingerprint density at radius 3 is 2.55 bits per heavy atom. The normalized spacial score (nSPS) is 21.6. The third-order valence-electron chi connectivity index (χ3n) is 4.74. The van der Waals surface area contributed by atoms with Crippen molar-refractivity contribution in [2.24, 2.45) is 5.41 Å². The van der Waals surface area contributed by atoms with Crippen LogP contribution in [0, 0.1) is 5.41 Å². The lowest BCUT2D eigenvalue weighted by molar-refractivity contribution is 0.258. The van der Waals surface area contributed by atoms with E-state index in [2.05, 4.69) is 26.8 Å². The van der Waals surface area contributed by atoms with Crippen LogP contribution in [-0.4, -0.2) is 22.9 Å². The lowest BCUT2D eigenvalue weighted by Gasteiger charge is -2.34. The molecule has 1 atom stereocenters. The first-order chi connectivity index (χ1) is 10.3. The van der Waals surface area contributed by atoms with E-state index in [4.69, 9.17) is 5.11 Å². The molecular weight excluding hydrogens is 272 g/mol. The molecule has 0 aliphatic heterocycles. The number of allylic oxidation sites excluding steroid dienone is 5. The third kappa shape index (κ3) is 5.58. The van der Waals surface area contributed by atoms with Crippen molar-refractivity contribution in [3.05, 3.63) is 46.6 Å². The summed E-state index contributed by atoms with van der Waals surface area (Å²) < 4.78 is 0. The van der Waals surface area contributed by atoms with Crippen LogP contribution in [0.15, 0.2) is 46.6 Å².